The maximum Gasteiger partial charge on any atom is 0.228 e. The first-order chi connectivity index (χ1) is 13.1. The van der Waals surface area contributed by atoms with Gasteiger partial charge >= 0.3 is 0 Å². The molecule has 2 aromatic heterocycles. The minimum absolute atomic E-state index is 0.0943. The molecular formula is C21H16ClN3OS. The summed E-state index contributed by atoms with van der Waals surface area (Å²) in [5.74, 6) is -0.0943. The van der Waals surface area contributed by atoms with Gasteiger partial charge in [-0.3, -0.25) is 4.79 Å². The van der Waals surface area contributed by atoms with Gasteiger partial charge in [-0.1, -0.05) is 41.1 Å². The molecule has 0 fully saturated rings. The molecule has 4 aromatic rings. The van der Waals surface area contributed by atoms with E-state index in [1.165, 1.54) is 0 Å². The van der Waals surface area contributed by atoms with E-state index < -0.39 is 0 Å². The quantitative estimate of drug-likeness (QED) is 0.498. The van der Waals surface area contributed by atoms with E-state index >= 15 is 0 Å². The minimum Gasteiger partial charge on any atom is -0.326 e. The van der Waals surface area contributed by atoms with Gasteiger partial charge in [-0.25, -0.2) is 9.97 Å². The molecule has 0 aliphatic heterocycles. The lowest BCUT2D eigenvalue weighted by atomic mass is 10.1. The first kappa shape index (κ1) is 17.6. The zero-order valence-electron chi connectivity index (χ0n) is 14.6. The van der Waals surface area contributed by atoms with Crippen LogP contribution in [0.5, 0.6) is 0 Å². The van der Waals surface area contributed by atoms with Crippen molar-refractivity contribution in [1.82, 2.24) is 9.97 Å². The molecule has 0 unspecified atom stereocenters. The monoisotopic (exact) mass is 393 g/mol. The molecule has 2 aromatic carbocycles. The van der Waals surface area contributed by atoms with Crippen LogP contribution in [-0.4, -0.2) is 15.9 Å². The van der Waals surface area contributed by atoms with E-state index in [0.29, 0.717) is 5.02 Å². The van der Waals surface area contributed by atoms with E-state index in [9.17, 15) is 4.79 Å². The molecule has 0 saturated carbocycles. The number of aryl methyl sites for hydroxylation is 1. The van der Waals surface area contributed by atoms with Crippen LogP contribution >= 0.6 is 22.9 Å². The van der Waals surface area contributed by atoms with Crippen molar-refractivity contribution in [3.05, 3.63) is 76.9 Å². The second-order valence-electron chi connectivity index (χ2n) is 6.19. The van der Waals surface area contributed by atoms with Crippen molar-refractivity contribution >= 4 is 44.9 Å². The summed E-state index contributed by atoms with van der Waals surface area (Å²) < 4.78 is 0. The number of fused-ring (bicyclic) bond motifs is 1. The first-order valence-electron chi connectivity index (χ1n) is 8.46. The highest BCUT2D eigenvalue weighted by Gasteiger charge is 2.11. The van der Waals surface area contributed by atoms with E-state index in [-0.39, 0.29) is 12.3 Å². The molecule has 27 heavy (non-hydrogen) atoms. The number of halogens is 1. The summed E-state index contributed by atoms with van der Waals surface area (Å²) in [6.07, 6.45) is 2.01. The summed E-state index contributed by atoms with van der Waals surface area (Å²) in [5.41, 5.74) is 4.49. The van der Waals surface area contributed by atoms with Gasteiger partial charge in [0.25, 0.3) is 0 Å². The van der Waals surface area contributed by atoms with Gasteiger partial charge in [0.2, 0.25) is 5.91 Å². The van der Waals surface area contributed by atoms with Gasteiger partial charge in [-0.15, -0.1) is 0 Å². The molecule has 6 heteroatoms. The number of nitrogens with one attached hydrogen (secondary N) is 1. The van der Waals surface area contributed by atoms with E-state index in [1.54, 1.807) is 23.6 Å². The Morgan fingerprint density at radius 2 is 2.00 bits per heavy atom. The molecule has 0 saturated heterocycles. The lowest BCUT2D eigenvalue weighted by Crippen LogP contribution is -2.15. The number of carbonyl (C=O) groups excluding carboxylic acids is 1. The maximum atomic E-state index is 12.4. The Morgan fingerprint density at radius 1 is 1.15 bits per heavy atom. The molecule has 0 aliphatic carbocycles. The highest BCUT2D eigenvalue weighted by molar-refractivity contribution is 7.21. The Labute approximate surface area is 165 Å². The van der Waals surface area contributed by atoms with Crippen molar-refractivity contribution in [2.24, 2.45) is 0 Å². The molecule has 0 spiro atoms. The highest BCUT2D eigenvalue weighted by Crippen LogP contribution is 2.31. The fourth-order valence-corrected chi connectivity index (χ4v) is 3.95. The molecule has 2 heterocycles. The number of rotatable bonds is 4. The van der Waals surface area contributed by atoms with Crippen LogP contribution in [0.2, 0.25) is 5.02 Å². The number of carbonyl (C=O) groups is 1. The third-order valence-electron chi connectivity index (χ3n) is 4.22. The summed E-state index contributed by atoms with van der Waals surface area (Å²) in [7, 11) is 0. The van der Waals surface area contributed by atoms with Gasteiger partial charge in [0.15, 0.2) is 0 Å². The fraction of sp³-hybridized carbons (Fsp3) is 0.0952. The predicted octanol–water partition coefficient (Wildman–Crippen LogP) is 5.50. The van der Waals surface area contributed by atoms with Crippen LogP contribution in [0.25, 0.3) is 20.9 Å². The van der Waals surface area contributed by atoms with Crippen molar-refractivity contribution in [3.8, 4) is 10.6 Å². The smallest absolute Gasteiger partial charge is 0.228 e. The summed E-state index contributed by atoms with van der Waals surface area (Å²) in [5, 5.41) is 4.48. The summed E-state index contributed by atoms with van der Waals surface area (Å²) in [6, 6.07) is 17.1. The summed E-state index contributed by atoms with van der Waals surface area (Å²) in [4.78, 5) is 22.3. The lowest BCUT2D eigenvalue weighted by molar-refractivity contribution is -0.115. The van der Waals surface area contributed by atoms with Crippen molar-refractivity contribution in [2.45, 2.75) is 13.3 Å². The van der Waals surface area contributed by atoms with Gasteiger partial charge in [-0.05, 0) is 54.4 Å². The van der Waals surface area contributed by atoms with Gasteiger partial charge in [0.1, 0.15) is 15.4 Å². The first-order valence-corrected chi connectivity index (χ1v) is 9.65. The Balaban J connectivity index is 1.53. The topological polar surface area (TPSA) is 54.9 Å². The standard InChI is InChI=1S/C21H16ClN3OS/c1-13-11-15(20-25-18-7-4-10-23-21(18)27-20)8-9-17(13)24-19(26)12-14-5-2-3-6-16(14)22/h2-11H,12H2,1H3,(H,24,26). The predicted molar refractivity (Wildman–Crippen MR) is 111 cm³/mol. The second kappa shape index (κ2) is 7.47. The lowest BCUT2D eigenvalue weighted by Gasteiger charge is -2.10. The van der Waals surface area contributed by atoms with Crippen LogP contribution in [-0.2, 0) is 11.2 Å². The van der Waals surface area contributed by atoms with Crippen molar-refractivity contribution in [2.75, 3.05) is 5.32 Å². The molecule has 0 radical (unpaired) electrons. The van der Waals surface area contributed by atoms with Gasteiger partial charge in [0.05, 0.1) is 6.42 Å². The second-order valence-corrected chi connectivity index (χ2v) is 7.58. The number of anilines is 1. The van der Waals surface area contributed by atoms with Crippen LogP contribution < -0.4 is 5.32 Å². The van der Waals surface area contributed by atoms with Crippen molar-refractivity contribution < 1.29 is 4.79 Å². The molecule has 1 amide bonds. The zero-order valence-corrected chi connectivity index (χ0v) is 16.1. The summed E-state index contributed by atoms with van der Waals surface area (Å²) >= 11 is 7.69. The van der Waals surface area contributed by atoms with E-state index in [0.717, 1.165) is 37.7 Å². The third kappa shape index (κ3) is 3.84. The average molecular weight is 394 g/mol. The van der Waals surface area contributed by atoms with Crippen LogP contribution in [0.1, 0.15) is 11.1 Å². The molecule has 4 nitrogen and oxygen atoms in total. The number of pyridine rings is 1. The van der Waals surface area contributed by atoms with E-state index in [4.69, 9.17) is 11.6 Å². The Morgan fingerprint density at radius 3 is 2.78 bits per heavy atom. The Hall–Kier alpha value is -2.76. The number of hydrogen-bond donors (Lipinski definition) is 1. The van der Waals surface area contributed by atoms with Crippen LogP contribution in [0.4, 0.5) is 5.69 Å². The molecular weight excluding hydrogens is 378 g/mol. The Bertz CT molecular complexity index is 1110. The maximum absolute atomic E-state index is 12.4. The number of hydrogen-bond acceptors (Lipinski definition) is 4. The van der Waals surface area contributed by atoms with Crippen LogP contribution in [0, 0.1) is 6.92 Å². The number of nitrogens with zero attached hydrogens (tertiary/aromatic N) is 2. The van der Waals surface area contributed by atoms with Crippen molar-refractivity contribution in [1.29, 1.82) is 0 Å². The third-order valence-corrected chi connectivity index (χ3v) is 5.62. The molecule has 4 rings (SSSR count). The molecule has 0 atom stereocenters. The number of aromatic nitrogens is 2. The van der Waals surface area contributed by atoms with Gasteiger partial charge in [-0.2, -0.15) is 0 Å². The molecule has 134 valence electrons. The highest BCUT2D eigenvalue weighted by atomic mass is 35.5. The van der Waals surface area contributed by atoms with Gasteiger partial charge < -0.3 is 5.32 Å². The van der Waals surface area contributed by atoms with Crippen molar-refractivity contribution in [3.63, 3.8) is 0 Å². The molecule has 0 bridgehead atoms. The van der Waals surface area contributed by atoms with E-state index in [2.05, 4.69) is 15.3 Å². The number of thiazole rings is 1. The van der Waals surface area contributed by atoms with Crippen LogP contribution in [0.15, 0.2) is 60.8 Å². The minimum atomic E-state index is -0.0943. The fourth-order valence-electron chi connectivity index (χ4n) is 2.84. The largest absolute Gasteiger partial charge is 0.326 e. The van der Waals surface area contributed by atoms with E-state index in [1.807, 2.05) is 55.5 Å². The summed E-state index contributed by atoms with van der Waals surface area (Å²) in [6.45, 7) is 1.97. The molecule has 0 aliphatic rings. The number of amides is 1. The van der Waals surface area contributed by atoms with Crippen LogP contribution in [0.3, 0.4) is 0 Å². The SMILES string of the molecule is Cc1cc(-c2nc3cccnc3s2)ccc1NC(=O)Cc1ccccc1Cl. The number of benzene rings is 2. The van der Waals surface area contributed by atoms with Gasteiger partial charge in [0, 0.05) is 22.5 Å². The zero-order chi connectivity index (χ0) is 18.8. The molecule has 1 N–H and O–H groups in total. The normalized spacial score (nSPS) is 10.9. The average Bonchev–Trinajstić information content (AvgIpc) is 3.09. The Kier molecular flexibility index (Phi) is 4.88.